The van der Waals surface area contributed by atoms with Crippen molar-refractivity contribution in [2.24, 2.45) is 0 Å². The van der Waals surface area contributed by atoms with Crippen LogP contribution in [0.1, 0.15) is 17.2 Å². The Morgan fingerprint density at radius 2 is 1.80 bits per heavy atom. The fraction of sp³-hybridized carbons (Fsp3) is 0.222. The van der Waals surface area contributed by atoms with Crippen LogP contribution in [0.2, 0.25) is 0 Å². The van der Waals surface area contributed by atoms with E-state index < -0.39 is 11.4 Å². The van der Waals surface area contributed by atoms with Crippen molar-refractivity contribution in [1.82, 2.24) is 5.32 Å². The molecule has 130 valence electrons. The Hall–Kier alpha value is -2.38. The van der Waals surface area contributed by atoms with Gasteiger partial charge in [-0.15, -0.1) is 0 Å². The third-order valence-corrected chi connectivity index (χ3v) is 4.76. The molecule has 2 aromatic carbocycles. The van der Waals surface area contributed by atoms with Crippen molar-refractivity contribution >= 4 is 22.9 Å². The van der Waals surface area contributed by atoms with E-state index in [2.05, 4.69) is 5.32 Å². The number of imide groups is 1. The van der Waals surface area contributed by atoms with E-state index in [-0.39, 0.29) is 23.6 Å². The van der Waals surface area contributed by atoms with Gasteiger partial charge in [-0.25, -0.2) is 4.39 Å². The second-order valence-corrected chi connectivity index (χ2v) is 6.79. The topological polar surface area (TPSA) is 75.6 Å². The fourth-order valence-corrected chi connectivity index (χ4v) is 3.28. The van der Waals surface area contributed by atoms with E-state index in [9.17, 15) is 19.1 Å². The summed E-state index contributed by atoms with van der Waals surface area (Å²) in [6, 6.07) is 12.7. The number of carbonyl (C=O) groups excluding carboxylic acids is 2. The molecule has 0 radical (unpaired) electrons. The van der Waals surface area contributed by atoms with Gasteiger partial charge in [-0.05, 0) is 41.8 Å². The number of rotatable bonds is 6. The molecule has 2 N–H and O–H groups in total. The number of hydrogen-bond donors (Lipinski definition) is 2. The monoisotopic (exact) mass is 361 g/mol. The minimum absolute atomic E-state index is 0.0420. The Labute approximate surface area is 148 Å². The summed E-state index contributed by atoms with van der Waals surface area (Å²) in [5.41, 5.74) is 1.49. The van der Waals surface area contributed by atoms with E-state index >= 15 is 0 Å². The lowest BCUT2D eigenvalue weighted by atomic mass is 10.1. The molecule has 7 heteroatoms. The number of hydrogen-bond acceptors (Lipinski definition) is 5. The molecule has 0 bridgehead atoms. The van der Waals surface area contributed by atoms with Crippen molar-refractivity contribution in [2.45, 2.75) is 17.8 Å². The molecule has 0 spiro atoms. The minimum atomic E-state index is -0.857. The first-order valence-electron chi connectivity index (χ1n) is 7.68. The highest BCUT2D eigenvalue weighted by atomic mass is 32.2. The Morgan fingerprint density at radius 3 is 2.40 bits per heavy atom. The van der Waals surface area contributed by atoms with Gasteiger partial charge in [0.1, 0.15) is 24.3 Å². The van der Waals surface area contributed by atoms with E-state index in [1.807, 2.05) is 12.1 Å². The van der Waals surface area contributed by atoms with Crippen LogP contribution in [-0.2, 0) is 11.2 Å². The van der Waals surface area contributed by atoms with Gasteiger partial charge < -0.3 is 9.84 Å². The quantitative estimate of drug-likeness (QED) is 0.827. The maximum absolute atomic E-state index is 12.9. The Bertz CT molecular complexity index is 764. The first-order chi connectivity index (χ1) is 12.0. The van der Waals surface area contributed by atoms with Gasteiger partial charge in [0, 0.05) is 0 Å². The summed E-state index contributed by atoms with van der Waals surface area (Å²) >= 11 is 0.995. The predicted molar refractivity (Wildman–Crippen MR) is 91.9 cm³/mol. The number of aliphatic hydroxyl groups excluding tert-OH is 1. The lowest BCUT2D eigenvalue weighted by molar-refractivity contribution is -0.118. The smallest absolute Gasteiger partial charge is 0.286 e. The molecule has 25 heavy (non-hydrogen) atoms. The zero-order valence-electron chi connectivity index (χ0n) is 13.1. The van der Waals surface area contributed by atoms with Gasteiger partial charge in [0.05, 0.1) is 5.25 Å². The molecular weight excluding hydrogens is 345 g/mol. The summed E-state index contributed by atoms with van der Waals surface area (Å²) in [6.07, 6.45) is -0.398. The first-order valence-corrected chi connectivity index (χ1v) is 8.56. The van der Waals surface area contributed by atoms with Gasteiger partial charge in [0.2, 0.25) is 5.91 Å². The number of halogens is 1. The van der Waals surface area contributed by atoms with E-state index in [0.29, 0.717) is 17.7 Å². The number of thioether (sulfide) groups is 1. The van der Waals surface area contributed by atoms with Gasteiger partial charge in [-0.3, -0.25) is 14.9 Å². The standard InChI is InChI=1S/C18H16FNO4S/c19-13-5-3-12(4-6-13)15(21)10-24-14-7-1-11(2-8-14)9-16-17(22)20-18(23)25-16/h1-8,15-16,21H,9-10H2,(H,20,22,23). The normalized spacial score (nSPS) is 18.1. The average molecular weight is 361 g/mol. The molecule has 2 unspecified atom stereocenters. The maximum Gasteiger partial charge on any atom is 0.286 e. The second-order valence-electron chi connectivity index (χ2n) is 5.61. The molecule has 1 aliphatic rings. The van der Waals surface area contributed by atoms with Crippen molar-refractivity contribution < 1.29 is 23.8 Å². The van der Waals surface area contributed by atoms with Crippen LogP contribution in [0.5, 0.6) is 5.75 Å². The lowest BCUT2D eigenvalue weighted by Crippen LogP contribution is -2.25. The molecule has 2 atom stereocenters. The molecular formula is C18H16FNO4S. The molecule has 1 aliphatic heterocycles. The fourth-order valence-electron chi connectivity index (χ4n) is 2.42. The zero-order chi connectivity index (χ0) is 17.8. The second kappa shape index (κ2) is 7.67. The highest BCUT2D eigenvalue weighted by Gasteiger charge is 2.31. The van der Waals surface area contributed by atoms with E-state index in [1.165, 1.54) is 24.3 Å². The van der Waals surface area contributed by atoms with Gasteiger partial charge in [-0.1, -0.05) is 36.0 Å². The Balaban J connectivity index is 1.53. The molecule has 5 nitrogen and oxygen atoms in total. The molecule has 0 saturated carbocycles. The highest BCUT2D eigenvalue weighted by Crippen LogP contribution is 2.24. The summed E-state index contributed by atoms with van der Waals surface area (Å²) in [6.45, 7) is 0.0420. The summed E-state index contributed by atoms with van der Waals surface area (Å²) in [7, 11) is 0. The number of aliphatic hydroxyl groups is 1. The largest absolute Gasteiger partial charge is 0.491 e. The zero-order valence-corrected chi connectivity index (χ0v) is 14.0. The minimum Gasteiger partial charge on any atom is -0.491 e. The third kappa shape index (κ3) is 4.58. The Kier molecular flexibility index (Phi) is 5.35. The van der Waals surface area contributed by atoms with E-state index in [1.54, 1.807) is 12.1 Å². The summed E-state index contributed by atoms with van der Waals surface area (Å²) in [5, 5.41) is 11.6. The van der Waals surface area contributed by atoms with Gasteiger partial charge >= 0.3 is 0 Å². The number of amides is 2. The van der Waals surface area contributed by atoms with Crippen molar-refractivity contribution in [2.75, 3.05) is 6.61 Å². The molecule has 1 heterocycles. The van der Waals surface area contributed by atoms with Gasteiger partial charge in [-0.2, -0.15) is 0 Å². The van der Waals surface area contributed by atoms with Crippen molar-refractivity contribution in [3.05, 3.63) is 65.5 Å². The van der Waals surface area contributed by atoms with Crippen LogP contribution in [-0.4, -0.2) is 28.1 Å². The van der Waals surface area contributed by atoms with Crippen molar-refractivity contribution in [1.29, 1.82) is 0 Å². The molecule has 2 aromatic rings. The predicted octanol–water partition coefficient (Wildman–Crippen LogP) is 2.83. The molecule has 0 aliphatic carbocycles. The third-order valence-electron chi connectivity index (χ3n) is 3.77. The van der Waals surface area contributed by atoms with E-state index in [4.69, 9.17) is 4.74 Å². The van der Waals surface area contributed by atoms with Crippen molar-refractivity contribution in [3.8, 4) is 5.75 Å². The highest BCUT2D eigenvalue weighted by molar-refractivity contribution is 8.15. The molecule has 3 rings (SSSR count). The SMILES string of the molecule is O=C1NC(=O)C(Cc2ccc(OCC(O)c3ccc(F)cc3)cc2)S1. The summed E-state index contributed by atoms with van der Waals surface area (Å²) in [5.74, 6) is -0.0504. The van der Waals surface area contributed by atoms with Gasteiger partial charge in [0.15, 0.2) is 0 Å². The number of carbonyl (C=O) groups is 2. The van der Waals surface area contributed by atoms with Gasteiger partial charge in [0.25, 0.3) is 5.24 Å². The van der Waals surface area contributed by atoms with Crippen LogP contribution in [0.3, 0.4) is 0 Å². The molecule has 2 amide bonds. The number of nitrogens with one attached hydrogen (secondary N) is 1. The molecule has 0 aromatic heterocycles. The van der Waals surface area contributed by atoms with Crippen LogP contribution >= 0.6 is 11.8 Å². The van der Waals surface area contributed by atoms with Crippen LogP contribution in [0.15, 0.2) is 48.5 Å². The summed E-state index contributed by atoms with van der Waals surface area (Å²) < 4.78 is 18.4. The van der Waals surface area contributed by atoms with Crippen LogP contribution < -0.4 is 10.1 Å². The number of ether oxygens (including phenoxy) is 1. The maximum atomic E-state index is 12.9. The first kappa shape index (κ1) is 17.4. The average Bonchev–Trinajstić information content (AvgIpc) is 2.92. The van der Waals surface area contributed by atoms with Crippen LogP contribution in [0.4, 0.5) is 9.18 Å². The van der Waals surface area contributed by atoms with Crippen molar-refractivity contribution in [3.63, 3.8) is 0 Å². The number of benzene rings is 2. The molecule has 1 fully saturated rings. The molecule has 1 saturated heterocycles. The Morgan fingerprint density at radius 1 is 1.12 bits per heavy atom. The van der Waals surface area contributed by atoms with E-state index in [0.717, 1.165) is 17.3 Å². The van der Waals surface area contributed by atoms with Crippen LogP contribution in [0, 0.1) is 5.82 Å². The van der Waals surface area contributed by atoms with Crippen LogP contribution in [0.25, 0.3) is 0 Å². The summed E-state index contributed by atoms with van der Waals surface area (Å²) in [4.78, 5) is 22.7. The lowest BCUT2D eigenvalue weighted by Gasteiger charge is -2.13.